The Balaban J connectivity index is 2.51. The highest BCUT2D eigenvalue weighted by Crippen LogP contribution is 2.24. The van der Waals surface area contributed by atoms with Crippen molar-refractivity contribution in [3.63, 3.8) is 0 Å². The lowest BCUT2D eigenvalue weighted by atomic mass is 10.1. The Morgan fingerprint density at radius 2 is 2.19 bits per heavy atom. The molecule has 0 amide bonds. The number of nitrogens with one attached hydrogen (secondary N) is 1. The van der Waals surface area contributed by atoms with Crippen LogP contribution >= 0.6 is 0 Å². The summed E-state index contributed by atoms with van der Waals surface area (Å²) in [5.41, 5.74) is 5.97. The Bertz CT molecular complexity index is 331. The summed E-state index contributed by atoms with van der Waals surface area (Å²) in [5.74, 6) is -0.205. The van der Waals surface area contributed by atoms with E-state index in [9.17, 15) is 9.50 Å². The van der Waals surface area contributed by atoms with Crippen LogP contribution in [0.1, 0.15) is 31.4 Å². The predicted molar refractivity (Wildman–Crippen MR) is 62.8 cm³/mol. The zero-order chi connectivity index (χ0) is 12.0. The molecule has 0 aromatic heterocycles. The molecule has 3 nitrogen and oxygen atoms in total. The number of unbranched alkanes of at least 4 members (excludes halogenated alkanes) is 1. The van der Waals surface area contributed by atoms with Gasteiger partial charge in [0, 0.05) is 11.6 Å². The van der Waals surface area contributed by atoms with Crippen LogP contribution in [0.2, 0.25) is 0 Å². The summed E-state index contributed by atoms with van der Waals surface area (Å²) in [6, 6.07) is 3.92. The number of phenolic OH excluding ortho intramolecular Hbond substituents is 1. The zero-order valence-corrected chi connectivity index (χ0v) is 9.54. The van der Waals surface area contributed by atoms with Crippen molar-refractivity contribution >= 4 is 0 Å². The van der Waals surface area contributed by atoms with Gasteiger partial charge in [0.1, 0.15) is 11.6 Å². The fourth-order valence-corrected chi connectivity index (χ4v) is 1.57. The number of nitrogens with two attached hydrogens (primary N) is 1. The lowest BCUT2D eigenvalue weighted by Gasteiger charge is -2.15. The molecule has 0 bridgehead atoms. The molecule has 1 unspecified atom stereocenters. The normalized spacial score (nSPS) is 12.7. The molecule has 0 aliphatic rings. The number of phenols is 1. The maximum atomic E-state index is 13.0. The SMILES string of the molecule is CC(NCCCCN)c1cc(F)ccc1O. The molecule has 1 atom stereocenters. The first-order valence-electron chi connectivity index (χ1n) is 5.57. The topological polar surface area (TPSA) is 58.3 Å². The van der Waals surface area contributed by atoms with Crippen molar-refractivity contribution in [2.24, 2.45) is 5.73 Å². The van der Waals surface area contributed by atoms with Gasteiger partial charge in [-0.25, -0.2) is 4.39 Å². The summed E-state index contributed by atoms with van der Waals surface area (Å²) in [4.78, 5) is 0. The first kappa shape index (κ1) is 12.9. The Kier molecular flexibility index (Phi) is 5.22. The standard InChI is InChI=1S/C12H19FN2O/c1-9(15-7-3-2-6-14)11-8-10(13)4-5-12(11)16/h4-5,8-9,15-16H,2-3,6-7,14H2,1H3. The van der Waals surface area contributed by atoms with Gasteiger partial charge in [-0.1, -0.05) is 0 Å². The molecule has 4 N–H and O–H groups in total. The van der Waals surface area contributed by atoms with Crippen molar-refractivity contribution in [3.8, 4) is 5.75 Å². The van der Waals surface area contributed by atoms with Gasteiger partial charge >= 0.3 is 0 Å². The molecule has 1 aromatic carbocycles. The molecule has 0 heterocycles. The number of halogens is 1. The fraction of sp³-hybridized carbons (Fsp3) is 0.500. The Morgan fingerprint density at radius 3 is 2.88 bits per heavy atom. The molecule has 0 radical (unpaired) electrons. The van der Waals surface area contributed by atoms with Crippen molar-refractivity contribution in [2.75, 3.05) is 13.1 Å². The maximum absolute atomic E-state index is 13.0. The summed E-state index contributed by atoms with van der Waals surface area (Å²) in [6.07, 6.45) is 1.95. The Hall–Kier alpha value is -1.13. The first-order chi connectivity index (χ1) is 7.65. The van der Waals surface area contributed by atoms with Crippen LogP contribution in [0.5, 0.6) is 5.75 Å². The average molecular weight is 226 g/mol. The van der Waals surface area contributed by atoms with Crippen LogP contribution in [-0.2, 0) is 0 Å². The zero-order valence-electron chi connectivity index (χ0n) is 9.54. The molecule has 0 aliphatic carbocycles. The predicted octanol–water partition coefficient (Wildman–Crippen LogP) is 1.92. The molecular formula is C12H19FN2O. The second-order valence-corrected chi connectivity index (χ2v) is 3.87. The Labute approximate surface area is 95.5 Å². The molecule has 0 spiro atoms. The van der Waals surface area contributed by atoms with E-state index in [2.05, 4.69) is 5.32 Å². The van der Waals surface area contributed by atoms with Gasteiger partial charge in [0.15, 0.2) is 0 Å². The molecule has 0 saturated heterocycles. The lowest BCUT2D eigenvalue weighted by molar-refractivity contribution is 0.448. The van der Waals surface area contributed by atoms with Gasteiger partial charge < -0.3 is 16.2 Å². The largest absolute Gasteiger partial charge is 0.508 e. The van der Waals surface area contributed by atoms with Crippen molar-refractivity contribution in [2.45, 2.75) is 25.8 Å². The third-order valence-electron chi connectivity index (χ3n) is 2.54. The summed E-state index contributed by atoms with van der Waals surface area (Å²) in [7, 11) is 0. The highest BCUT2D eigenvalue weighted by atomic mass is 19.1. The van der Waals surface area contributed by atoms with E-state index in [-0.39, 0.29) is 17.6 Å². The van der Waals surface area contributed by atoms with Crippen molar-refractivity contribution in [3.05, 3.63) is 29.6 Å². The molecule has 1 rings (SSSR count). The lowest BCUT2D eigenvalue weighted by Crippen LogP contribution is -2.20. The smallest absolute Gasteiger partial charge is 0.123 e. The number of rotatable bonds is 6. The molecular weight excluding hydrogens is 207 g/mol. The monoisotopic (exact) mass is 226 g/mol. The minimum atomic E-state index is -0.330. The summed E-state index contributed by atoms with van der Waals surface area (Å²) in [5, 5.41) is 12.8. The fourth-order valence-electron chi connectivity index (χ4n) is 1.57. The van der Waals surface area contributed by atoms with Crippen LogP contribution in [0.15, 0.2) is 18.2 Å². The molecule has 90 valence electrons. The van der Waals surface area contributed by atoms with Gasteiger partial charge in [-0.05, 0) is 51.1 Å². The van der Waals surface area contributed by atoms with Crippen LogP contribution < -0.4 is 11.1 Å². The highest BCUT2D eigenvalue weighted by Gasteiger charge is 2.10. The number of benzene rings is 1. The summed E-state index contributed by atoms with van der Waals surface area (Å²) >= 11 is 0. The van der Waals surface area contributed by atoms with E-state index in [1.54, 1.807) is 0 Å². The summed E-state index contributed by atoms with van der Waals surface area (Å²) in [6.45, 7) is 3.40. The number of hydrogen-bond acceptors (Lipinski definition) is 3. The minimum Gasteiger partial charge on any atom is -0.508 e. The first-order valence-corrected chi connectivity index (χ1v) is 5.57. The Morgan fingerprint density at radius 1 is 1.44 bits per heavy atom. The molecule has 4 heteroatoms. The van der Waals surface area contributed by atoms with Crippen LogP contribution in [0.4, 0.5) is 4.39 Å². The van der Waals surface area contributed by atoms with Crippen LogP contribution in [-0.4, -0.2) is 18.2 Å². The second kappa shape index (κ2) is 6.45. The van der Waals surface area contributed by atoms with E-state index < -0.39 is 0 Å². The van der Waals surface area contributed by atoms with Crippen molar-refractivity contribution in [1.29, 1.82) is 0 Å². The van der Waals surface area contributed by atoms with Crippen molar-refractivity contribution < 1.29 is 9.50 Å². The van der Waals surface area contributed by atoms with Gasteiger partial charge in [0.25, 0.3) is 0 Å². The number of aromatic hydroxyl groups is 1. The minimum absolute atomic E-state index is 0.0616. The average Bonchev–Trinajstić information content (AvgIpc) is 2.27. The molecule has 16 heavy (non-hydrogen) atoms. The van der Waals surface area contributed by atoms with E-state index in [0.29, 0.717) is 12.1 Å². The van der Waals surface area contributed by atoms with E-state index in [1.165, 1.54) is 18.2 Å². The van der Waals surface area contributed by atoms with Gasteiger partial charge in [-0.2, -0.15) is 0 Å². The van der Waals surface area contributed by atoms with Gasteiger partial charge in [0.2, 0.25) is 0 Å². The van der Waals surface area contributed by atoms with Gasteiger partial charge in [0.05, 0.1) is 0 Å². The molecule has 1 aromatic rings. The summed E-state index contributed by atoms with van der Waals surface area (Å²) < 4.78 is 13.0. The van der Waals surface area contributed by atoms with Crippen LogP contribution in [0.25, 0.3) is 0 Å². The van der Waals surface area contributed by atoms with Crippen LogP contribution in [0.3, 0.4) is 0 Å². The van der Waals surface area contributed by atoms with E-state index in [4.69, 9.17) is 5.73 Å². The third-order valence-corrected chi connectivity index (χ3v) is 2.54. The maximum Gasteiger partial charge on any atom is 0.123 e. The molecule has 0 saturated carbocycles. The van der Waals surface area contributed by atoms with E-state index >= 15 is 0 Å². The second-order valence-electron chi connectivity index (χ2n) is 3.87. The van der Waals surface area contributed by atoms with Crippen LogP contribution in [0, 0.1) is 5.82 Å². The van der Waals surface area contributed by atoms with Gasteiger partial charge in [-0.3, -0.25) is 0 Å². The number of hydrogen-bond donors (Lipinski definition) is 3. The van der Waals surface area contributed by atoms with Gasteiger partial charge in [-0.15, -0.1) is 0 Å². The molecule has 0 aliphatic heterocycles. The molecule has 0 fully saturated rings. The highest BCUT2D eigenvalue weighted by molar-refractivity contribution is 5.34. The van der Waals surface area contributed by atoms with Crippen molar-refractivity contribution in [1.82, 2.24) is 5.32 Å². The third kappa shape index (κ3) is 3.79. The quantitative estimate of drug-likeness (QED) is 0.649. The van der Waals surface area contributed by atoms with E-state index in [0.717, 1.165) is 19.4 Å². The van der Waals surface area contributed by atoms with E-state index in [1.807, 2.05) is 6.92 Å².